The van der Waals surface area contributed by atoms with E-state index in [1.165, 1.54) is 24.8 Å². The highest BCUT2D eigenvalue weighted by molar-refractivity contribution is 5.26. The first kappa shape index (κ1) is 14.1. The van der Waals surface area contributed by atoms with E-state index < -0.39 is 17.2 Å². The molecule has 0 bridgehead atoms. The molecule has 2 atom stereocenters. The molecular formula is C14H16F2N3O2+. The summed E-state index contributed by atoms with van der Waals surface area (Å²) in [7, 11) is 0. The molecule has 1 aliphatic heterocycles. The number of ether oxygens (including phenoxy) is 1. The fourth-order valence-electron chi connectivity index (χ4n) is 2.81. The van der Waals surface area contributed by atoms with E-state index in [4.69, 9.17) is 9.84 Å². The Hall–Kier alpha value is -1.86. The van der Waals surface area contributed by atoms with Crippen molar-refractivity contribution in [1.82, 2.24) is 14.8 Å². The summed E-state index contributed by atoms with van der Waals surface area (Å²) in [5.74, 6) is -1.24. The number of nitrogens with zero attached hydrogens (tertiary/aromatic N) is 3. The van der Waals surface area contributed by atoms with E-state index in [-0.39, 0.29) is 19.1 Å². The van der Waals surface area contributed by atoms with Crippen LogP contribution in [0.5, 0.6) is 0 Å². The molecule has 2 heterocycles. The minimum atomic E-state index is -0.933. The van der Waals surface area contributed by atoms with Gasteiger partial charge in [0.1, 0.15) is 36.5 Å². The van der Waals surface area contributed by atoms with E-state index in [9.17, 15) is 8.78 Å². The van der Waals surface area contributed by atoms with Crippen molar-refractivity contribution in [1.29, 1.82) is 0 Å². The molecule has 2 N–H and O–H groups in total. The molecule has 1 aromatic heterocycles. The Labute approximate surface area is 120 Å². The van der Waals surface area contributed by atoms with Gasteiger partial charge in [-0.1, -0.05) is 6.07 Å². The highest BCUT2D eigenvalue weighted by Crippen LogP contribution is 2.41. The van der Waals surface area contributed by atoms with Crippen LogP contribution in [0.25, 0.3) is 0 Å². The predicted molar refractivity (Wildman–Crippen MR) is 70.6 cm³/mol. The zero-order valence-electron chi connectivity index (χ0n) is 11.3. The van der Waals surface area contributed by atoms with E-state index in [0.29, 0.717) is 18.6 Å². The van der Waals surface area contributed by atoms with Gasteiger partial charge in [-0.05, 0) is 12.5 Å². The second-order valence-corrected chi connectivity index (χ2v) is 5.30. The Morgan fingerprint density at radius 1 is 1.43 bits per heavy atom. The Bertz CT molecular complexity index is 621. The molecule has 3 rings (SSSR count). The summed E-state index contributed by atoms with van der Waals surface area (Å²) < 4.78 is 34.8. The summed E-state index contributed by atoms with van der Waals surface area (Å²) in [6, 6.07) is 3.49. The molecule has 2 aromatic rings. The molecule has 0 aliphatic carbocycles. The van der Waals surface area contributed by atoms with Crippen molar-refractivity contribution in [3.63, 3.8) is 0 Å². The van der Waals surface area contributed by atoms with Gasteiger partial charge in [-0.25, -0.2) is 18.4 Å². The third-order valence-corrected chi connectivity index (χ3v) is 3.81. The average molecular weight is 296 g/mol. The number of rotatable bonds is 4. The fraction of sp³-hybridized carbons (Fsp3) is 0.429. The van der Waals surface area contributed by atoms with Crippen molar-refractivity contribution < 1.29 is 18.6 Å². The van der Waals surface area contributed by atoms with Crippen molar-refractivity contribution in [2.24, 2.45) is 5.92 Å². The molecule has 0 spiro atoms. The SMILES string of the molecule is [OH2+]C[C@@H]1CO[C@@](Cn2cncn2)(c2ccc(F)cc2F)C1. The number of aromatic nitrogens is 3. The summed E-state index contributed by atoms with van der Waals surface area (Å²) in [4.78, 5) is 3.87. The Morgan fingerprint density at radius 2 is 2.29 bits per heavy atom. The highest BCUT2D eigenvalue weighted by atomic mass is 19.1. The third-order valence-electron chi connectivity index (χ3n) is 3.81. The number of hydrogen-bond acceptors (Lipinski definition) is 3. The van der Waals surface area contributed by atoms with Gasteiger partial charge < -0.3 is 9.84 Å². The molecular weight excluding hydrogens is 280 g/mol. The minimum Gasteiger partial charge on any atom is -0.445 e. The van der Waals surface area contributed by atoms with Gasteiger partial charge in [-0.2, -0.15) is 5.10 Å². The van der Waals surface area contributed by atoms with Crippen LogP contribution in [0.3, 0.4) is 0 Å². The van der Waals surface area contributed by atoms with Crippen LogP contribution >= 0.6 is 0 Å². The van der Waals surface area contributed by atoms with Crippen LogP contribution in [-0.4, -0.2) is 33.1 Å². The second-order valence-electron chi connectivity index (χ2n) is 5.30. The van der Waals surface area contributed by atoms with Gasteiger partial charge in [0.25, 0.3) is 0 Å². The van der Waals surface area contributed by atoms with Gasteiger partial charge >= 0.3 is 0 Å². The molecule has 1 aromatic carbocycles. The van der Waals surface area contributed by atoms with Gasteiger partial charge in [-0.3, -0.25) is 0 Å². The smallest absolute Gasteiger partial charge is 0.148 e. The van der Waals surface area contributed by atoms with Gasteiger partial charge in [0.2, 0.25) is 0 Å². The lowest BCUT2D eigenvalue weighted by atomic mass is 9.87. The van der Waals surface area contributed by atoms with Crippen molar-refractivity contribution in [3.05, 3.63) is 48.1 Å². The Morgan fingerprint density at radius 3 is 2.90 bits per heavy atom. The minimum absolute atomic E-state index is 0.0259. The molecule has 5 nitrogen and oxygen atoms in total. The van der Waals surface area contributed by atoms with Gasteiger partial charge in [0, 0.05) is 11.6 Å². The van der Waals surface area contributed by atoms with E-state index in [0.717, 1.165) is 6.07 Å². The van der Waals surface area contributed by atoms with Gasteiger partial charge in [0.15, 0.2) is 0 Å². The quantitative estimate of drug-likeness (QED) is 0.797. The van der Waals surface area contributed by atoms with Crippen LogP contribution in [0.2, 0.25) is 0 Å². The summed E-state index contributed by atoms with van der Waals surface area (Å²) in [6.45, 7) is 0.878. The van der Waals surface area contributed by atoms with Crippen LogP contribution in [0.15, 0.2) is 30.9 Å². The molecule has 112 valence electrons. The summed E-state index contributed by atoms with van der Waals surface area (Å²) >= 11 is 0. The lowest BCUT2D eigenvalue weighted by Gasteiger charge is -2.29. The van der Waals surface area contributed by atoms with Crippen LogP contribution < -0.4 is 0 Å². The maximum Gasteiger partial charge on any atom is 0.148 e. The highest BCUT2D eigenvalue weighted by Gasteiger charge is 2.45. The summed E-state index contributed by atoms with van der Waals surface area (Å²) in [5, 5.41) is 11.5. The van der Waals surface area contributed by atoms with Crippen LogP contribution in [-0.2, 0) is 16.9 Å². The molecule has 1 saturated heterocycles. The Kier molecular flexibility index (Phi) is 3.69. The average Bonchev–Trinajstić information content (AvgIpc) is 3.09. The van der Waals surface area contributed by atoms with Crippen LogP contribution in [0.4, 0.5) is 8.78 Å². The van der Waals surface area contributed by atoms with Crippen molar-refractivity contribution in [2.45, 2.75) is 18.6 Å². The third kappa shape index (κ3) is 2.66. The molecule has 0 amide bonds. The van der Waals surface area contributed by atoms with Crippen LogP contribution in [0.1, 0.15) is 12.0 Å². The molecule has 21 heavy (non-hydrogen) atoms. The molecule has 1 aliphatic rings. The second kappa shape index (κ2) is 5.50. The molecule has 1 fully saturated rings. The number of benzene rings is 1. The summed E-state index contributed by atoms with van der Waals surface area (Å²) in [6.07, 6.45) is 3.42. The maximum absolute atomic E-state index is 14.2. The largest absolute Gasteiger partial charge is 0.445 e. The fourth-order valence-corrected chi connectivity index (χ4v) is 2.81. The van der Waals surface area contributed by atoms with Crippen molar-refractivity contribution >= 4 is 0 Å². The number of halogens is 2. The number of hydrogen-bond donors (Lipinski definition) is 0. The topological polar surface area (TPSA) is 62.8 Å². The molecule has 0 radical (unpaired) electrons. The maximum atomic E-state index is 14.2. The first-order valence-electron chi connectivity index (χ1n) is 6.69. The first-order chi connectivity index (χ1) is 10.1. The zero-order chi connectivity index (χ0) is 14.9. The van der Waals surface area contributed by atoms with Crippen molar-refractivity contribution in [2.75, 3.05) is 13.2 Å². The lowest BCUT2D eigenvalue weighted by molar-refractivity contribution is -0.0207. The normalized spacial score (nSPS) is 25.4. The molecule has 0 unspecified atom stereocenters. The van der Waals surface area contributed by atoms with E-state index in [1.807, 2.05) is 0 Å². The van der Waals surface area contributed by atoms with Gasteiger partial charge in [0.05, 0.1) is 19.1 Å². The Balaban J connectivity index is 1.99. The standard InChI is InChI=1S/C14H15F2N3O2/c15-11-1-2-12(13(16)3-11)14(4-10(5-20)6-21-14)7-19-9-17-8-18-19/h1-3,8-10,20H,4-7H2/p+1/t10-,14+/m1/s1. The monoisotopic (exact) mass is 296 g/mol. The van der Waals surface area contributed by atoms with Gasteiger partial charge in [-0.15, -0.1) is 0 Å². The first-order valence-corrected chi connectivity index (χ1v) is 6.69. The molecule has 0 saturated carbocycles. The predicted octanol–water partition coefficient (Wildman–Crippen LogP) is 1.21. The lowest BCUT2D eigenvalue weighted by Crippen LogP contribution is -2.32. The molecule has 7 heteroatoms. The van der Waals surface area contributed by atoms with Crippen LogP contribution in [0, 0.1) is 17.6 Å². The zero-order valence-corrected chi connectivity index (χ0v) is 11.3. The van der Waals surface area contributed by atoms with Crippen molar-refractivity contribution in [3.8, 4) is 0 Å². The van der Waals surface area contributed by atoms with E-state index in [2.05, 4.69) is 10.1 Å². The summed E-state index contributed by atoms with van der Waals surface area (Å²) in [5.41, 5.74) is -0.632. The van der Waals surface area contributed by atoms with E-state index >= 15 is 0 Å². The van der Waals surface area contributed by atoms with E-state index in [1.54, 1.807) is 4.68 Å².